The Hall–Kier alpha value is -1.69. The minimum absolute atomic E-state index is 0.0912. The molecule has 2 aromatic rings. The minimum atomic E-state index is -0.0912. The molecule has 0 radical (unpaired) electrons. The summed E-state index contributed by atoms with van der Waals surface area (Å²) in [5, 5.41) is 10.4. The average molecular weight is 276 g/mol. The predicted octanol–water partition coefficient (Wildman–Crippen LogP) is 1.88. The SMILES string of the molecule is Cc1nc(Cn2ncc(NCC3CC3)cc2=O)cs1. The smallest absolute Gasteiger partial charge is 0.269 e. The molecule has 2 aromatic heterocycles. The topological polar surface area (TPSA) is 59.8 Å². The van der Waals surface area contributed by atoms with Crippen molar-refractivity contribution >= 4 is 17.0 Å². The van der Waals surface area contributed by atoms with Crippen LogP contribution in [0.2, 0.25) is 0 Å². The largest absolute Gasteiger partial charge is 0.383 e. The summed E-state index contributed by atoms with van der Waals surface area (Å²) in [6.45, 7) is 3.33. The first-order chi connectivity index (χ1) is 9.20. The number of rotatable bonds is 5. The molecule has 1 saturated carbocycles. The zero-order valence-corrected chi connectivity index (χ0v) is 11.6. The zero-order valence-electron chi connectivity index (χ0n) is 10.8. The molecule has 0 atom stereocenters. The van der Waals surface area contributed by atoms with Gasteiger partial charge in [-0.25, -0.2) is 9.67 Å². The molecule has 100 valence electrons. The molecule has 0 aliphatic heterocycles. The van der Waals surface area contributed by atoms with Crippen molar-refractivity contribution < 1.29 is 0 Å². The van der Waals surface area contributed by atoms with E-state index in [0.29, 0.717) is 6.54 Å². The van der Waals surface area contributed by atoms with E-state index in [0.717, 1.165) is 28.9 Å². The van der Waals surface area contributed by atoms with Gasteiger partial charge in [0.15, 0.2) is 0 Å². The highest BCUT2D eigenvalue weighted by molar-refractivity contribution is 7.09. The molecule has 6 heteroatoms. The van der Waals surface area contributed by atoms with E-state index >= 15 is 0 Å². The van der Waals surface area contributed by atoms with Crippen molar-refractivity contribution in [2.45, 2.75) is 26.3 Å². The van der Waals surface area contributed by atoms with Crippen LogP contribution in [0.4, 0.5) is 5.69 Å². The molecule has 0 spiro atoms. The van der Waals surface area contributed by atoms with Gasteiger partial charge in [0.1, 0.15) is 0 Å². The van der Waals surface area contributed by atoms with Crippen LogP contribution in [0.25, 0.3) is 0 Å². The maximum atomic E-state index is 11.9. The fraction of sp³-hybridized carbons (Fsp3) is 0.462. The van der Waals surface area contributed by atoms with Gasteiger partial charge in [-0.05, 0) is 25.7 Å². The summed E-state index contributed by atoms with van der Waals surface area (Å²) >= 11 is 1.58. The molecule has 5 nitrogen and oxygen atoms in total. The van der Waals surface area contributed by atoms with Gasteiger partial charge in [0, 0.05) is 18.0 Å². The Balaban J connectivity index is 1.69. The fourth-order valence-electron chi connectivity index (χ4n) is 1.87. The van der Waals surface area contributed by atoms with Gasteiger partial charge in [0.05, 0.1) is 29.1 Å². The monoisotopic (exact) mass is 276 g/mol. The van der Waals surface area contributed by atoms with E-state index < -0.39 is 0 Å². The predicted molar refractivity (Wildman–Crippen MR) is 75.7 cm³/mol. The second kappa shape index (κ2) is 5.13. The van der Waals surface area contributed by atoms with Crippen molar-refractivity contribution in [3.05, 3.63) is 38.7 Å². The van der Waals surface area contributed by atoms with E-state index in [1.165, 1.54) is 17.5 Å². The Kier molecular flexibility index (Phi) is 3.33. The highest BCUT2D eigenvalue weighted by Gasteiger charge is 2.20. The first-order valence-corrected chi connectivity index (χ1v) is 7.31. The van der Waals surface area contributed by atoms with Crippen LogP contribution in [0.15, 0.2) is 22.4 Å². The van der Waals surface area contributed by atoms with E-state index in [-0.39, 0.29) is 5.56 Å². The molecule has 3 rings (SSSR count). The number of anilines is 1. The summed E-state index contributed by atoms with van der Waals surface area (Å²) in [7, 11) is 0. The van der Waals surface area contributed by atoms with Crippen LogP contribution < -0.4 is 10.9 Å². The molecule has 2 heterocycles. The summed E-state index contributed by atoms with van der Waals surface area (Å²) in [5.41, 5.74) is 1.60. The number of thiazole rings is 1. The fourth-order valence-corrected chi connectivity index (χ4v) is 2.47. The Morgan fingerprint density at radius 3 is 3.00 bits per heavy atom. The normalized spacial score (nSPS) is 14.6. The Labute approximate surface area is 115 Å². The van der Waals surface area contributed by atoms with Crippen molar-refractivity contribution in [1.29, 1.82) is 0 Å². The summed E-state index contributed by atoms with van der Waals surface area (Å²) in [5.74, 6) is 0.778. The Morgan fingerprint density at radius 2 is 2.37 bits per heavy atom. The number of aryl methyl sites for hydroxylation is 1. The van der Waals surface area contributed by atoms with Crippen molar-refractivity contribution in [3.8, 4) is 0 Å². The van der Waals surface area contributed by atoms with Crippen LogP contribution >= 0.6 is 11.3 Å². The van der Waals surface area contributed by atoms with E-state index in [2.05, 4.69) is 15.4 Å². The molecule has 1 N–H and O–H groups in total. The summed E-state index contributed by atoms with van der Waals surface area (Å²) in [6, 6.07) is 1.61. The number of nitrogens with one attached hydrogen (secondary N) is 1. The van der Waals surface area contributed by atoms with Crippen LogP contribution in [-0.2, 0) is 6.54 Å². The van der Waals surface area contributed by atoms with Crippen LogP contribution in [-0.4, -0.2) is 21.3 Å². The van der Waals surface area contributed by atoms with E-state index in [1.807, 2.05) is 12.3 Å². The molecule has 1 aliphatic carbocycles. The number of hydrogen-bond acceptors (Lipinski definition) is 5. The van der Waals surface area contributed by atoms with Gasteiger partial charge in [-0.1, -0.05) is 0 Å². The second-order valence-corrected chi connectivity index (χ2v) is 5.98. The summed E-state index contributed by atoms with van der Waals surface area (Å²) in [4.78, 5) is 16.3. The quantitative estimate of drug-likeness (QED) is 0.906. The van der Waals surface area contributed by atoms with Crippen LogP contribution in [0, 0.1) is 12.8 Å². The molecule has 0 amide bonds. The highest BCUT2D eigenvalue weighted by Crippen LogP contribution is 2.28. The van der Waals surface area contributed by atoms with Crippen molar-refractivity contribution in [3.63, 3.8) is 0 Å². The van der Waals surface area contributed by atoms with E-state index in [4.69, 9.17) is 0 Å². The van der Waals surface area contributed by atoms with Gasteiger partial charge in [0.2, 0.25) is 0 Å². The lowest BCUT2D eigenvalue weighted by Crippen LogP contribution is -2.23. The molecular formula is C13H16N4OS. The third-order valence-corrected chi connectivity index (χ3v) is 3.96. The van der Waals surface area contributed by atoms with Crippen LogP contribution in [0.3, 0.4) is 0 Å². The molecule has 0 unspecified atom stereocenters. The van der Waals surface area contributed by atoms with Gasteiger partial charge in [-0.15, -0.1) is 11.3 Å². The lowest BCUT2D eigenvalue weighted by atomic mass is 10.4. The Bertz CT molecular complexity index is 630. The Morgan fingerprint density at radius 1 is 1.53 bits per heavy atom. The van der Waals surface area contributed by atoms with Crippen LogP contribution in [0.5, 0.6) is 0 Å². The number of aromatic nitrogens is 3. The lowest BCUT2D eigenvalue weighted by molar-refractivity contribution is 0.630. The van der Waals surface area contributed by atoms with Crippen molar-refractivity contribution in [2.24, 2.45) is 5.92 Å². The second-order valence-electron chi connectivity index (χ2n) is 4.92. The molecule has 0 bridgehead atoms. The van der Waals surface area contributed by atoms with E-state index in [9.17, 15) is 4.79 Å². The van der Waals surface area contributed by atoms with Gasteiger partial charge < -0.3 is 5.32 Å². The van der Waals surface area contributed by atoms with E-state index in [1.54, 1.807) is 23.6 Å². The third kappa shape index (κ3) is 3.20. The van der Waals surface area contributed by atoms with Crippen molar-refractivity contribution in [2.75, 3.05) is 11.9 Å². The molecular weight excluding hydrogens is 260 g/mol. The first kappa shape index (κ1) is 12.3. The molecule has 1 fully saturated rings. The molecule has 1 aliphatic rings. The highest BCUT2D eigenvalue weighted by atomic mass is 32.1. The number of hydrogen-bond donors (Lipinski definition) is 1. The standard InChI is InChI=1S/C13H16N4OS/c1-9-16-12(8-19-9)7-17-13(18)4-11(6-15-17)14-5-10-2-3-10/h4,6,8,10,14H,2-3,5,7H2,1H3. The van der Waals surface area contributed by atoms with Crippen molar-refractivity contribution in [1.82, 2.24) is 14.8 Å². The minimum Gasteiger partial charge on any atom is -0.383 e. The molecule has 0 saturated heterocycles. The molecule has 19 heavy (non-hydrogen) atoms. The maximum Gasteiger partial charge on any atom is 0.269 e. The third-order valence-electron chi connectivity index (χ3n) is 3.14. The average Bonchev–Trinajstić information content (AvgIpc) is 3.13. The van der Waals surface area contributed by atoms with Crippen LogP contribution in [0.1, 0.15) is 23.5 Å². The lowest BCUT2D eigenvalue weighted by Gasteiger charge is -2.06. The van der Waals surface area contributed by atoms with Gasteiger partial charge >= 0.3 is 0 Å². The summed E-state index contributed by atoms with van der Waals surface area (Å²) < 4.78 is 1.44. The zero-order chi connectivity index (χ0) is 13.2. The van der Waals surface area contributed by atoms with Gasteiger partial charge in [-0.3, -0.25) is 4.79 Å². The van der Waals surface area contributed by atoms with Gasteiger partial charge in [-0.2, -0.15) is 5.10 Å². The number of nitrogens with zero attached hydrogens (tertiary/aromatic N) is 3. The maximum absolute atomic E-state index is 11.9. The molecule has 0 aromatic carbocycles. The first-order valence-electron chi connectivity index (χ1n) is 6.43. The summed E-state index contributed by atoms with van der Waals surface area (Å²) in [6.07, 6.45) is 4.30. The van der Waals surface area contributed by atoms with Gasteiger partial charge in [0.25, 0.3) is 5.56 Å².